The fourth-order valence-corrected chi connectivity index (χ4v) is 1.80. The van der Waals surface area contributed by atoms with E-state index in [9.17, 15) is 18.0 Å². The summed E-state index contributed by atoms with van der Waals surface area (Å²) >= 11 is 0. The minimum absolute atomic E-state index is 0.147. The maximum Gasteiger partial charge on any atom is 0.416 e. The van der Waals surface area contributed by atoms with Crippen molar-refractivity contribution in [1.82, 2.24) is 5.43 Å². The maximum atomic E-state index is 12.5. The lowest BCUT2D eigenvalue weighted by Gasteiger charge is -2.23. The molecule has 1 N–H and O–H groups in total. The molecule has 1 atom stereocenters. The molecule has 1 aromatic carbocycles. The lowest BCUT2D eigenvalue weighted by molar-refractivity contribution is -0.137. The van der Waals surface area contributed by atoms with Gasteiger partial charge in [0.2, 0.25) is 5.91 Å². The van der Waals surface area contributed by atoms with Gasteiger partial charge in [-0.3, -0.25) is 15.2 Å². The molecule has 2 rings (SSSR count). The Morgan fingerprint density at radius 3 is 2.65 bits per heavy atom. The second-order valence-electron chi connectivity index (χ2n) is 4.01. The summed E-state index contributed by atoms with van der Waals surface area (Å²) in [4.78, 5) is 11.1. The highest BCUT2D eigenvalue weighted by Gasteiger charge is 2.32. The van der Waals surface area contributed by atoms with Crippen LogP contribution in [0.3, 0.4) is 0 Å². The minimum Gasteiger partial charge on any atom is -0.282 e. The monoisotopic (exact) mass is 244 g/mol. The number of benzene rings is 1. The molecule has 1 aromatic rings. The van der Waals surface area contributed by atoms with Gasteiger partial charge in [0.15, 0.2) is 0 Å². The Kier molecular flexibility index (Phi) is 2.73. The summed E-state index contributed by atoms with van der Waals surface area (Å²) in [5.41, 5.74) is 2.15. The van der Waals surface area contributed by atoms with E-state index >= 15 is 0 Å². The second-order valence-corrected chi connectivity index (χ2v) is 4.01. The largest absolute Gasteiger partial charge is 0.416 e. The SMILES string of the molecule is CC1CC(=O)NN1c1cccc(C(F)(F)F)c1. The fraction of sp³-hybridized carbons (Fsp3) is 0.364. The molecule has 1 fully saturated rings. The van der Waals surface area contributed by atoms with E-state index in [4.69, 9.17) is 0 Å². The molecule has 1 amide bonds. The zero-order valence-corrected chi connectivity index (χ0v) is 9.08. The summed E-state index contributed by atoms with van der Waals surface area (Å²) in [5.74, 6) is -0.185. The van der Waals surface area contributed by atoms with Crippen LogP contribution in [-0.2, 0) is 11.0 Å². The number of alkyl halides is 3. The van der Waals surface area contributed by atoms with E-state index in [-0.39, 0.29) is 18.4 Å². The van der Waals surface area contributed by atoms with E-state index in [0.29, 0.717) is 5.69 Å². The van der Waals surface area contributed by atoms with Crippen LogP contribution < -0.4 is 10.4 Å². The number of anilines is 1. The lowest BCUT2D eigenvalue weighted by atomic mass is 10.1. The van der Waals surface area contributed by atoms with Crippen LogP contribution in [0.4, 0.5) is 18.9 Å². The fourth-order valence-electron chi connectivity index (χ4n) is 1.80. The number of amides is 1. The lowest BCUT2D eigenvalue weighted by Crippen LogP contribution is -2.37. The van der Waals surface area contributed by atoms with Crippen molar-refractivity contribution in [2.75, 3.05) is 5.01 Å². The van der Waals surface area contributed by atoms with Crippen molar-refractivity contribution in [3.8, 4) is 0 Å². The van der Waals surface area contributed by atoms with Crippen molar-refractivity contribution < 1.29 is 18.0 Å². The molecule has 0 saturated carbocycles. The van der Waals surface area contributed by atoms with Crippen molar-refractivity contribution in [3.63, 3.8) is 0 Å². The summed E-state index contributed by atoms with van der Waals surface area (Å²) in [6.45, 7) is 1.78. The van der Waals surface area contributed by atoms with Crippen LogP contribution in [0.5, 0.6) is 0 Å². The molecule has 0 aromatic heterocycles. The highest BCUT2D eigenvalue weighted by atomic mass is 19.4. The molecule has 6 heteroatoms. The van der Waals surface area contributed by atoms with Crippen LogP contribution >= 0.6 is 0 Å². The molecule has 0 aliphatic carbocycles. The van der Waals surface area contributed by atoms with E-state index in [0.717, 1.165) is 12.1 Å². The van der Waals surface area contributed by atoms with Crippen molar-refractivity contribution in [2.24, 2.45) is 0 Å². The molecule has 1 aliphatic rings. The molecule has 0 radical (unpaired) electrons. The molecule has 1 heterocycles. The Hall–Kier alpha value is -1.72. The van der Waals surface area contributed by atoms with E-state index < -0.39 is 11.7 Å². The van der Waals surface area contributed by atoms with Crippen LogP contribution in [0.25, 0.3) is 0 Å². The van der Waals surface area contributed by atoms with Crippen molar-refractivity contribution in [3.05, 3.63) is 29.8 Å². The van der Waals surface area contributed by atoms with Crippen molar-refractivity contribution in [2.45, 2.75) is 25.6 Å². The highest BCUT2D eigenvalue weighted by Crippen LogP contribution is 2.32. The first kappa shape index (κ1) is 11.8. The summed E-state index contributed by atoms with van der Waals surface area (Å²) in [6, 6.07) is 4.76. The summed E-state index contributed by atoms with van der Waals surface area (Å²) in [7, 11) is 0. The first-order valence-corrected chi connectivity index (χ1v) is 5.14. The third-order valence-electron chi connectivity index (χ3n) is 2.62. The van der Waals surface area contributed by atoms with E-state index in [1.807, 2.05) is 0 Å². The highest BCUT2D eigenvalue weighted by molar-refractivity contribution is 5.82. The first-order valence-electron chi connectivity index (χ1n) is 5.14. The van der Waals surface area contributed by atoms with Gasteiger partial charge in [0.25, 0.3) is 0 Å². The van der Waals surface area contributed by atoms with Crippen LogP contribution in [0, 0.1) is 0 Å². The second kappa shape index (κ2) is 3.94. The number of hydrogen-bond donors (Lipinski definition) is 1. The number of hydrogen-bond acceptors (Lipinski definition) is 2. The number of nitrogens with one attached hydrogen (secondary N) is 1. The van der Waals surface area contributed by atoms with Gasteiger partial charge in [0, 0.05) is 0 Å². The number of nitrogens with zero attached hydrogens (tertiary/aromatic N) is 1. The molecule has 1 aliphatic heterocycles. The van der Waals surface area contributed by atoms with Crippen LogP contribution in [0.15, 0.2) is 24.3 Å². The van der Waals surface area contributed by atoms with Gasteiger partial charge in [-0.05, 0) is 25.1 Å². The Morgan fingerprint density at radius 1 is 1.41 bits per heavy atom. The predicted molar refractivity (Wildman–Crippen MR) is 56.1 cm³/mol. The average Bonchev–Trinajstić information content (AvgIpc) is 2.57. The molecular weight excluding hydrogens is 233 g/mol. The standard InChI is InChI=1S/C11H11F3N2O/c1-7-5-10(17)15-16(7)9-4-2-3-8(6-9)11(12,13)14/h2-4,6-7H,5H2,1H3,(H,15,17). The molecule has 17 heavy (non-hydrogen) atoms. The summed E-state index contributed by atoms with van der Waals surface area (Å²) in [6.07, 6.45) is -4.08. The van der Waals surface area contributed by atoms with Gasteiger partial charge in [0.1, 0.15) is 0 Å². The topological polar surface area (TPSA) is 32.3 Å². The quantitative estimate of drug-likeness (QED) is 0.822. The van der Waals surface area contributed by atoms with Gasteiger partial charge in [-0.2, -0.15) is 13.2 Å². The molecule has 3 nitrogen and oxygen atoms in total. The zero-order chi connectivity index (χ0) is 12.6. The van der Waals surface area contributed by atoms with Gasteiger partial charge in [0.05, 0.1) is 23.7 Å². The molecule has 1 saturated heterocycles. The van der Waals surface area contributed by atoms with Gasteiger partial charge < -0.3 is 0 Å². The van der Waals surface area contributed by atoms with E-state index in [2.05, 4.69) is 5.43 Å². The molecule has 0 spiro atoms. The van der Waals surface area contributed by atoms with Crippen LogP contribution in [-0.4, -0.2) is 11.9 Å². The van der Waals surface area contributed by atoms with Crippen LogP contribution in [0.1, 0.15) is 18.9 Å². The summed E-state index contributed by atoms with van der Waals surface area (Å²) < 4.78 is 37.6. The number of hydrazine groups is 1. The van der Waals surface area contributed by atoms with Gasteiger partial charge >= 0.3 is 6.18 Å². The maximum absolute atomic E-state index is 12.5. The van der Waals surface area contributed by atoms with Crippen molar-refractivity contribution in [1.29, 1.82) is 0 Å². The average molecular weight is 244 g/mol. The van der Waals surface area contributed by atoms with Gasteiger partial charge in [-0.15, -0.1) is 0 Å². The normalized spacial score (nSPS) is 20.6. The Balaban J connectivity index is 2.31. The van der Waals surface area contributed by atoms with E-state index in [1.54, 1.807) is 6.92 Å². The first-order chi connectivity index (χ1) is 7.88. The summed E-state index contributed by atoms with van der Waals surface area (Å²) in [5, 5.41) is 1.46. The minimum atomic E-state index is -4.37. The Morgan fingerprint density at radius 2 is 2.12 bits per heavy atom. The Labute approximate surface area is 96.2 Å². The molecule has 92 valence electrons. The molecule has 1 unspecified atom stereocenters. The van der Waals surface area contributed by atoms with Crippen LogP contribution in [0.2, 0.25) is 0 Å². The molecular formula is C11H11F3N2O. The molecule has 0 bridgehead atoms. The Bertz CT molecular complexity index is 445. The number of carbonyl (C=O) groups excluding carboxylic acids is 1. The predicted octanol–water partition coefficient (Wildman–Crippen LogP) is 2.34. The smallest absolute Gasteiger partial charge is 0.282 e. The van der Waals surface area contributed by atoms with Gasteiger partial charge in [-0.25, -0.2) is 0 Å². The van der Waals surface area contributed by atoms with Gasteiger partial charge in [-0.1, -0.05) is 6.07 Å². The van der Waals surface area contributed by atoms with Crippen molar-refractivity contribution >= 4 is 11.6 Å². The van der Waals surface area contributed by atoms with E-state index in [1.165, 1.54) is 17.1 Å². The third-order valence-corrected chi connectivity index (χ3v) is 2.62. The number of halogens is 3. The zero-order valence-electron chi connectivity index (χ0n) is 9.08. The number of rotatable bonds is 1. The third kappa shape index (κ3) is 2.35. The number of carbonyl (C=O) groups is 1.